The van der Waals surface area contributed by atoms with Crippen molar-refractivity contribution < 1.29 is 39.0 Å². The van der Waals surface area contributed by atoms with E-state index in [1.807, 2.05) is 12.2 Å². The summed E-state index contributed by atoms with van der Waals surface area (Å²) in [4.78, 5) is 79.8. The number of aryl methyl sites for hydroxylation is 1. The SMILES string of the molecule is O=C[C@H](CC(=O)O)NC(=O)CN1C(=O)[C@@H](NC(=O)c2cc3c([nH]2)CCC=C3)CN(C(=O)CO)c2ccccc21. The van der Waals surface area contributed by atoms with Gasteiger partial charge in [-0.2, -0.15) is 0 Å². The predicted molar refractivity (Wildman–Crippen MR) is 138 cm³/mol. The molecule has 0 radical (unpaired) electrons. The molecule has 13 nitrogen and oxygen atoms in total. The van der Waals surface area contributed by atoms with Crippen LogP contribution in [0.3, 0.4) is 0 Å². The number of fused-ring (bicyclic) bond motifs is 2. The van der Waals surface area contributed by atoms with Crippen LogP contribution in [-0.4, -0.2) is 82.9 Å². The average Bonchev–Trinajstić information content (AvgIpc) is 3.33. The summed E-state index contributed by atoms with van der Waals surface area (Å²) in [6.45, 7) is -1.82. The van der Waals surface area contributed by atoms with E-state index in [-0.39, 0.29) is 29.9 Å². The molecule has 0 bridgehead atoms. The molecule has 0 saturated heterocycles. The van der Waals surface area contributed by atoms with E-state index in [9.17, 15) is 33.9 Å². The number of carbonyl (C=O) groups is 6. The summed E-state index contributed by atoms with van der Waals surface area (Å²) >= 11 is 0. The van der Waals surface area contributed by atoms with E-state index in [0.717, 1.165) is 33.9 Å². The summed E-state index contributed by atoms with van der Waals surface area (Å²) in [6.07, 6.45) is 5.05. The van der Waals surface area contributed by atoms with Gasteiger partial charge in [0, 0.05) is 5.69 Å². The molecule has 13 heteroatoms. The second kappa shape index (κ2) is 11.7. The molecule has 4 rings (SSSR count). The lowest BCUT2D eigenvalue weighted by Gasteiger charge is -2.25. The number of carboxylic acid groups (broad SMARTS) is 1. The second-order valence-corrected chi connectivity index (χ2v) is 9.07. The molecule has 0 spiro atoms. The van der Waals surface area contributed by atoms with Crippen LogP contribution < -0.4 is 20.4 Å². The Labute approximate surface area is 222 Å². The molecular weight excluding hydrogens is 510 g/mol. The first-order valence-corrected chi connectivity index (χ1v) is 12.2. The number of hydrogen-bond acceptors (Lipinski definition) is 7. The van der Waals surface area contributed by atoms with Crippen LogP contribution in [0, 0.1) is 0 Å². The third-order valence-corrected chi connectivity index (χ3v) is 6.38. The predicted octanol–water partition coefficient (Wildman–Crippen LogP) is -0.397. The number of rotatable bonds is 9. The largest absolute Gasteiger partial charge is 0.481 e. The number of nitrogens with one attached hydrogen (secondary N) is 3. The molecule has 4 amide bonds. The van der Waals surface area contributed by atoms with E-state index in [0.29, 0.717) is 0 Å². The number of allylic oxidation sites excluding steroid dienone is 1. The molecule has 1 aliphatic heterocycles. The van der Waals surface area contributed by atoms with Crippen molar-refractivity contribution in [3.8, 4) is 0 Å². The lowest BCUT2D eigenvalue weighted by molar-refractivity contribution is -0.139. The number of nitrogens with zero attached hydrogens (tertiary/aromatic N) is 2. The van der Waals surface area contributed by atoms with Crippen LogP contribution in [0.15, 0.2) is 36.4 Å². The van der Waals surface area contributed by atoms with Gasteiger partial charge in [-0.1, -0.05) is 24.3 Å². The number of aromatic amines is 1. The van der Waals surface area contributed by atoms with Crippen molar-refractivity contribution in [3.05, 3.63) is 53.4 Å². The van der Waals surface area contributed by atoms with Gasteiger partial charge in [0.25, 0.3) is 17.7 Å². The average molecular weight is 538 g/mol. The molecule has 2 heterocycles. The molecule has 5 N–H and O–H groups in total. The highest BCUT2D eigenvalue weighted by Crippen LogP contribution is 2.33. The number of aromatic nitrogens is 1. The lowest BCUT2D eigenvalue weighted by atomic mass is 10.1. The Hall–Kier alpha value is -4.78. The Bertz CT molecular complexity index is 1350. The Morgan fingerprint density at radius 2 is 1.92 bits per heavy atom. The number of carboxylic acids is 1. The van der Waals surface area contributed by atoms with Crippen LogP contribution in [0.2, 0.25) is 0 Å². The fourth-order valence-electron chi connectivity index (χ4n) is 4.56. The van der Waals surface area contributed by atoms with E-state index in [2.05, 4.69) is 15.6 Å². The van der Waals surface area contributed by atoms with Crippen molar-refractivity contribution in [3.63, 3.8) is 0 Å². The number of benzene rings is 1. The molecule has 204 valence electrons. The zero-order chi connectivity index (χ0) is 28.1. The molecule has 0 saturated carbocycles. The molecule has 2 aromatic rings. The van der Waals surface area contributed by atoms with Gasteiger partial charge >= 0.3 is 5.97 Å². The topological polar surface area (TPSA) is 189 Å². The molecular formula is C26H27N5O8. The number of para-hydroxylation sites is 2. The Morgan fingerprint density at radius 3 is 2.59 bits per heavy atom. The van der Waals surface area contributed by atoms with E-state index in [1.54, 1.807) is 18.2 Å². The molecule has 0 unspecified atom stereocenters. The lowest BCUT2D eigenvalue weighted by Crippen LogP contribution is -2.55. The minimum Gasteiger partial charge on any atom is -0.481 e. The van der Waals surface area contributed by atoms with E-state index >= 15 is 0 Å². The van der Waals surface area contributed by atoms with Crippen LogP contribution in [0.1, 0.15) is 34.6 Å². The first-order chi connectivity index (χ1) is 18.7. The van der Waals surface area contributed by atoms with Crippen LogP contribution in [0.5, 0.6) is 0 Å². The first kappa shape index (κ1) is 27.3. The minimum atomic E-state index is -1.32. The van der Waals surface area contributed by atoms with E-state index in [4.69, 9.17) is 5.11 Å². The Balaban J connectivity index is 1.64. The maximum Gasteiger partial charge on any atom is 0.305 e. The summed E-state index contributed by atoms with van der Waals surface area (Å²) in [5.41, 5.74) is 2.31. The van der Waals surface area contributed by atoms with Crippen molar-refractivity contribution in [2.45, 2.75) is 31.3 Å². The molecule has 2 atom stereocenters. The van der Waals surface area contributed by atoms with Crippen molar-refractivity contribution >= 4 is 53.3 Å². The second-order valence-electron chi connectivity index (χ2n) is 9.07. The molecule has 1 aromatic heterocycles. The standard InChI is InChI=1S/C26H27N5O8/c32-13-16(10-24(36)37)27-22(34)12-31-21-8-4-3-7-20(21)30(23(35)14-33)11-19(26(31)39)29-25(38)18-9-15-5-1-2-6-17(15)28-18/h1,3-5,7-9,13,16,19,28,33H,2,6,10-12,14H2,(H,27,34)(H,29,38)(H,36,37)/t16-,19-/m0/s1. The van der Waals surface area contributed by atoms with Crippen LogP contribution in [0.25, 0.3) is 6.08 Å². The summed E-state index contributed by atoms with van der Waals surface area (Å²) in [5.74, 6) is -4.19. The maximum absolute atomic E-state index is 13.7. The number of carbonyl (C=O) groups excluding carboxylic acids is 5. The molecule has 0 fully saturated rings. The minimum absolute atomic E-state index is 0.151. The summed E-state index contributed by atoms with van der Waals surface area (Å²) in [6, 6.07) is 5.21. The maximum atomic E-state index is 13.7. The van der Waals surface area contributed by atoms with Gasteiger partial charge in [0.2, 0.25) is 5.91 Å². The highest BCUT2D eigenvalue weighted by atomic mass is 16.4. The Morgan fingerprint density at radius 1 is 1.18 bits per heavy atom. The number of anilines is 2. The van der Waals surface area contributed by atoms with Gasteiger partial charge in [0.1, 0.15) is 31.2 Å². The van der Waals surface area contributed by atoms with Crippen molar-refractivity contribution in [2.24, 2.45) is 0 Å². The third kappa shape index (κ3) is 6.04. The van der Waals surface area contributed by atoms with Crippen molar-refractivity contribution in [1.29, 1.82) is 0 Å². The van der Waals surface area contributed by atoms with Gasteiger partial charge < -0.3 is 35.5 Å². The van der Waals surface area contributed by atoms with Gasteiger partial charge in [0.05, 0.1) is 30.4 Å². The molecule has 39 heavy (non-hydrogen) atoms. The van der Waals surface area contributed by atoms with Gasteiger partial charge in [-0.15, -0.1) is 0 Å². The number of aldehydes is 1. The van der Waals surface area contributed by atoms with Crippen LogP contribution in [0.4, 0.5) is 11.4 Å². The molecule has 2 aliphatic rings. The van der Waals surface area contributed by atoms with Gasteiger partial charge in [0.15, 0.2) is 0 Å². The number of aliphatic hydroxyl groups is 1. The van der Waals surface area contributed by atoms with Crippen molar-refractivity contribution in [1.82, 2.24) is 15.6 Å². The summed E-state index contributed by atoms with van der Waals surface area (Å²) in [5, 5.41) is 23.4. The van der Waals surface area contributed by atoms with Gasteiger partial charge in [-0.3, -0.25) is 28.9 Å². The third-order valence-electron chi connectivity index (χ3n) is 6.38. The van der Waals surface area contributed by atoms with Crippen LogP contribution >= 0.6 is 0 Å². The van der Waals surface area contributed by atoms with Gasteiger partial charge in [-0.25, -0.2) is 0 Å². The summed E-state index contributed by atoms with van der Waals surface area (Å²) < 4.78 is 0. The molecule has 1 aromatic carbocycles. The van der Waals surface area contributed by atoms with Crippen LogP contribution in [-0.2, 0) is 30.4 Å². The first-order valence-electron chi connectivity index (χ1n) is 12.2. The fraction of sp³-hybridized carbons (Fsp3) is 0.308. The van der Waals surface area contributed by atoms with Gasteiger partial charge in [-0.05, 0) is 36.6 Å². The normalized spacial score (nSPS) is 16.9. The zero-order valence-electron chi connectivity index (χ0n) is 20.8. The van der Waals surface area contributed by atoms with E-state index in [1.165, 1.54) is 12.1 Å². The molecule has 1 aliphatic carbocycles. The highest BCUT2D eigenvalue weighted by Gasteiger charge is 2.38. The Kier molecular flexibility index (Phi) is 8.20. The number of aliphatic hydroxyl groups excluding tert-OH is 1. The monoisotopic (exact) mass is 537 g/mol. The number of hydrogen-bond donors (Lipinski definition) is 5. The highest BCUT2D eigenvalue weighted by molar-refractivity contribution is 6.11. The quantitative estimate of drug-likeness (QED) is 0.267. The zero-order valence-corrected chi connectivity index (χ0v) is 20.8. The van der Waals surface area contributed by atoms with Crippen molar-refractivity contribution in [2.75, 3.05) is 29.5 Å². The smallest absolute Gasteiger partial charge is 0.305 e. The fourth-order valence-corrected chi connectivity index (χ4v) is 4.56. The van der Waals surface area contributed by atoms with E-state index < -0.39 is 61.3 Å². The summed E-state index contributed by atoms with van der Waals surface area (Å²) in [7, 11) is 0. The number of aliphatic carboxylic acids is 1. The number of amides is 4. The number of H-pyrrole nitrogens is 1.